The summed E-state index contributed by atoms with van der Waals surface area (Å²) >= 11 is 0. The first-order valence-corrected chi connectivity index (χ1v) is 12.2. The maximum Gasteiger partial charge on any atom is 0.410 e. The van der Waals surface area contributed by atoms with E-state index in [9.17, 15) is 14.7 Å². The number of pyridine rings is 1. The van der Waals surface area contributed by atoms with Crippen LogP contribution < -0.4 is 11.1 Å². The average molecular weight is 557 g/mol. The van der Waals surface area contributed by atoms with Crippen molar-refractivity contribution >= 4 is 17.8 Å². The Labute approximate surface area is 233 Å². The number of nitrogen functional groups attached to an aromatic ring is 1. The Hall–Kier alpha value is -4.49. The zero-order valence-corrected chi connectivity index (χ0v) is 23.1. The minimum absolute atomic E-state index is 0.00309. The van der Waals surface area contributed by atoms with Crippen LogP contribution in [0.1, 0.15) is 31.3 Å². The van der Waals surface area contributed by atoms with Gasteiger partial charge in [0, 0.05) is 24.4 Å². The van der Waals surface area contributed by atoms with E-state index in [1.165, 1.54) is 42.7 Å². The molecule has 0 spiro atoms. The lowest BCUT2D eigenvalue weighted by atomic mass is 10.1. The second-order valence-corrected chi connectivity index (χ2v) is 9.45. The number of nitrogens with two attached hydrogens (primary N) is 1. The zero-order chi connectivity index (χ0) is 29.9. The number of hydrogen-bond acceptors (Lipinski definition) is 11. The van der Waals surface area contributed by atoms with Gasteiger partial charge in [-0.05, 0) is 32.9 Å². The average Bonchev–Trinajstić information content (AvgIpc) is 2.88. The molecule has 0 saturated heterocycles. The molecule has 2 aromatic heterocycles. The molecule has 2 aromatic rings. The number of amides is 2. The number of aliphatic hydroxyl groups excluding tert-OH is 1. The van der Waals surface area contributed by atoms with E-state index >= 15 is 0 Å². The number of hydrogen-bond donors (Lipinski definition) is 4. The number of anilines is 1. The molecule has 13 nitrogen and oxygen atoms in total. The van der Waals surface area contributed by atoms with Crippen molar-refractivity contribution in [3.63, 3.8) is 0 Å². The van der Waals surface area contributed by atoms with Crippen molar-refractivity contribution in [3.05, 3.63) is 66.6 Å². The minimum atomic E-state index is -0.721. The van der Waals surface area contributed by atoms with Crippen LogP contribution in [0, 0.1) is 0 Å². The number of aromatic nitrogens is 3. The number of likely N-dealkylation sites (N-methyl/N-ethyl adjacent to an activating group) is 1. The summed E-state index contributed by atoms with van der Waals surface area (Å²) in [6.07, 6.45) is 4.82. The van der Waals surface area contributed by atoms with Crippen molar-refractivity contribution in [1.82, 2.24) is 25.2 Å². The third-order valence-electron chi connectivity index (χ3n) is 4.90. The van der Waals surface area contributed by atoms with Gasteiger partial charge in [-0.3, -0.25) is 9.78 Å². The summed E-state index contributed by atoms with van der Waals surface area (Å²) in [5.41, 5.74) is 6.18. The Kier molecular flexibility index (Phi) is 11.6. The van der Waals surface area contributed by atoms with Crippen molar-refractivity contribution in [2.45, 2.75) is 26.4 Å². The van der Waals surface area contributed by atoms with Gasteiger partial charge in [0.05, 0.1) is 50.2 Å². The number of aliphatic hydroxyl groups is 1. The van der Waals surface area contributed by atoms with E-state index in [2.05, 4.69) is 33.4 Å². The fraction of sp³-hybridized carbons (Fsp3) is 0.370. The Bertz CT molecular complexity index is 1260. The topological polar surface area (TPSA) is 182 Å². The smallest absolute Gasteiger partial charge is 0.410 e. The molecule has 0 aromatic carbocycles. The van der Waals surface area contributed by atoms with Crippen molar-refractivity contribution in [3.8, 4) is 17.0 Å². The van der Waals surface area contributed by atoms with Gasteiger partial charge in [0.15, 0.2) is 11.5 Å². The molecule has 0 bridgehead atoms. The number of nitrogens with one attached hydrogen (secondary N) is 1. The molecular weight excluding hydrogens is 520 g/mol. The Morgan fingerprint density at radius 1 is 1.20 bits per heavy atom. The van der Waals surface area contributed by atoms with Crippen LogP contribution in [0.4, 0.5) is 10.6 Å². The Balaban J connectivity index is 2.35. The summed E-state index contributed by atoms with van der Waals surface area (Å²) in [6.45, 7) is 13.2. The van der Waals surface area contributed by atoms with E-state index in [0.717, 1.165) is 0 Å². The summed E-state index contributed by atoms with van der Waals surface area (Å²) in [5, 5.41) is 21.3. The van der Waals surface area contributed by atoms with Crippen molar-refractivity contribution in [2.24, 2.45) is 0 Å². The van der Waals surface area contributed by atoms with E-state index in [4.69, 9.17) is 25.1 Å². The molecule has 0 aliphatic heterocycles. The van der Waals surface area contributed by atoms with E-state index < -0.39 is 17.6 Å². The summed E-state index contributed by atoms with van der Waals surface area (Å²) in [4.78, 5) is 39.3. The Morgan fingerprint density at radius 3 is 2.55 bits per heavy atom. The lowest BCUT2D eigenvalue weighted by molar-refractivity contribution is 0.0307. The fourth-order valence-corrected chi connectivity index (χ4v) is 3.16. The minimum Gasteiger partial charge on any atom is -0.506 e. The van der Waals surface area contributed by atoms with E-state index in [1.54, 1.807) is 20.8 Å². The molecule has 13 heteroatoms. The SMILES string of the molecule is C=C/C(NC(=O)c1nc(-c2cncc(O)c2)cnc1N)=C(/OCCOCCO)C(=C)CN(C)C(=O)OC(C)(C)C. The maximum absolute atomic E-state index is 13.3. The van der Waals surface area contributed by atoms with E-state index in [0.29, 0.717) is 11.1 Å². The molecule has 5 N–H and O–H groups in total. The third kappa shape index (κ3) is 9.67. The lowest BCUT2D eigenvalue weighted by Crippen LogP contribution is -2.36. The van der Waals surface area contributed by atoms with Crippen LogP contribution in [-0.2, 0) is 14.2 Å². The zero-order valence-electron chi connectivity index (χ0n) is 23.1. The first kappa shape index (κ1) is 31.7. The van der Waals surface area contributed by atoms with Crippen molar-refractivity contribution in [1.29, 1.82) is 0 Å². The summed E-state index contributed by atoms with van der Waals surface area (Å²) in [5.74, 6) is -0.813. The van der Waals surface area contributed by atoms with Gasteiger partial charge in [-0.15, -0.1) is 0 Å². The second-order valence-electron chi connectivity index (χ2n) is 9.45. The maximum atomic E-state index is 13.3. The van der Waals surface area contributed by atoms with Crippen LogP contribution in [0.3, 0.4) is 0 Å². The van der Waals surface area contributed by atoms with Gasteiger partial charge < -0.3 is 40.4 Å². The normalized spacial score (nSPS) is 11.7. The molecule has 0 unspecified atom stereocenters. The van der Waals surface area contributed by atoms with Crippen LogP contribution in [0.5, 0.6) is 5.75 Å². The van der Waals surface area contributed by atoms with Crippen molar-refractivity contribution < 1.29 is 34.0 Å². The fourth-order valence-electron chi connectivity index (χ4n) is 3.16. The number of carbonyl (C=O) groups is 2. The summed E-state index contributed by atoms with van der Waals surface area (Å²) in [6, 6.07) is 1.42. The highest BCUT2D eigenvalue weighted by Gasteiger charge is 2.23. The first-order valence-electron chi connectivity index (χ1n) is 12.2. The van der Waals surface area contributed by atoms with Crippen LogP contribution in [0.15, 0.2) is 60.9 Å². The highest BCUT2D eigenvalue weighted by atomic mass is 16.6. The molecule has 2 amide bonds. The number of ether oxygens (including phenoxy) is 3. The molecule has 2 heterocycles. The number of aromatic hydroxyl groups is 1. The monoisotopic (exact) mass is 556 g/mol. The quantitative estimate of drug-likeness (QED) is 0.161. The molecule has 0 radical (unpaired) electrons. The molecule has 2 rings (SSSR count). The van der Waals surface area contributed by atoms with Crippen LogP contribution >= 0.6 is 0 Å². The van der Waals surface area contributed by atoms with Gasteiger partial charge in [-0.25, -0.2) is 14.8 Å². The standard InChI is InChI=1S/C27H36N6O7/c1-7-20(32-25(36)22-24(28)30-15-21(31-22)18-12-19(35)14-29-13-18)23(39-11-10-38-9-8-34)17(2)16-33(6)26(37)40-27(3,4)5/h7,12-15,34-35H,1-2,8-11,16H2,3-6H3,(H2,28,30)(H,32,36)/b23-20-. The molecule has 40 heavy (non-hydrogen) atoms. The Morgan fingerprint density at radius 2 is 1.93 bits per heavy atom. The molecular formula is C27H36N6O7. The van der Waals surface area contributed by atoms with Crippen LogP contribution in [0.25, 0.3) is 11.3 Å². The number of nitrogens with zero attached hydrogens (tertiary/aromatic N) is 4. The summed E-state index contributed by atoms with van der Waals surface area (Å²) in [7, 11) is 1.53. The summed E-state index contributed by atoms with van der Waals surface area (Å²) < 4.78 is 16.5. The largest absolute Gasteiger partial charge is 0.506 e. The van der Waals surface area contributed by atoms with Gasteiger partial charge in [-0.1, -0.05) is 13.2 Å². The molecule has 0 atom stereocenters. The van der Waals surface area contributed by atoms with Gasteiger partial charge in [-0.2, -0.15) is 0 Å². The highest BCUT2D eigenvalue weighted by molar-refractivity contribution is 5.98. The van der Waals surface area contributed by atoms with Crippen LogP contribution in [0.2, 0.25) is 0 Å². The van der Waals surface area contributed by atoms with Gasteiger partial charge in [0.1, 0.15) is 23.7 Å². The van der Waals surface area contributed by atoms with E-state index in [1.807, 2.05) is 0 Å². The van der Waals surface area contributed by atoms with Crippen LogP contribution in [-0.4, -0.2) is 87.7 Å². The second kappa shape index (κ2) is 14.6. The third-order valence-corrected chi connectivity index (χ3v) is 4.90. The molecule has 0 aliphatic rings. The highest BCUT2D eigenvalue weighted by Crippen LogP contribution is 2.22. The molecule has 0 saturated carbocycles. The first-order chi connectivity index (χ1) is 18.9. The van der Waals surface area contributed by atoms with Gasteiger partial charge in [0.25, 0.3) is 5.91 Å². The van der Waals surface area contributed by atoms with Gasteiger partial charge >= 0.3 is 6.09 Å². The van der Waals surface area contributed by atoms with Crippen molar-refractivity contribution in [2.75, 3.05) is 45.8 Å². The number of carbonyl (C=O) groups excluding carboxylic acids is 2. The van der Waals surface area contributed by atoms with E-state index in [-0.39, 0.29) is 67.4 Å². The molecule has 216 valence electrons. The number of rotatable bonds is 13. The van der Waals surface area contributed by atoms with Gasteiger partial charge in [0.2, 0.25) is 0 Å². The lowest BCUT2D eigenvalue weighted by Gasteiger charge is -2.26. The predicted molar refractivity (Wildman–Crippen MR) is 148 cm³/mol. The number of allylic oxidation sites excluding steroid dienone is 1. The molecule has 0 aliphatic carbocycles. The predicted octanol–water partition coefficient (Wildman–Crippen LogP) is 2.40. The molecule has 0 fully saturated rings.